The van der Waals surface area contributed by atoms with Crippen LogP contribution in [0.2, 0.25) is 0 Å². The van der Waals surface area contributed by atoms with Gasteiger partial charge in [-0.2, -0.15) is 0 Å². The summed E-state index contributed by atoms with van der Waals surface area (Å²) < 4.78 is 17.9. The van der Waals surface area contributed by atoms with Gasteiger partial charge in [0.25, 0.3) is 0 Å². The fraction of sp³-hybridized carbons (Fsp3) is 0.455. The van der Waals surface area contributed by atoms with E-state index in [1.54, 1.807) is 19.2 Å². The van der Waals surface area contributed by atoms with Crippen LogP contribution in [-0.4, -0.2) is 20.2 Å². The molecule has 1 rings (SSSR count). The Bertz CT molecular complexity index is 266. The van der Waals surface area contributed by atoms with Crippen molar-refractivity contribution >= 4 is 12.4 Å². The Balaban J connectivity index is 0.00000196. The number of rotatable bonds is 5. The molecule has 0 radical (unpaired) electrons. The van der Waals surface area contributed by atoms with Crippen molar-refractivity contribution in [3.05, 3.63) is 35.6 Å². The maximum absolute atomic E-state index is 12.6. The highest BCUT2D eigenvalue weighted by Gasteiger charge is 2.08. The first-order chi connectivity index (χ1) is 6.77. The molecule has 15 heavy (non-hydrogen) atoms. The molecule has 1 aromatic carbocycles. The zero-order valence-corrected chi connectivity index (χ0v) is 9.81. The van der Waals surface area contributed by atoms with E-state index in [1.807, 2.05) is 6.92 Å². The van der Waals surface area contributed by atoms with Gasteiger partial charge in [-0.3, -0.25) is 0 Å². The highest BCUT2D eigenvalue weighted by Crippen LogP contribution is 2.15. The van der Waals surface area contributed by atoms with Crippen LogP contribution in [0.3, 0.4) is 0 Å². The zero-order valence-electron chi connectivity index (χ0n) is 9.00. The summed E-state index contributed by atoms with van der Waals surface area (Å²) in [6, 6.07) is 6.41. The first-order valence-corrected chi connectivity index (χ1v) is 4.77. The van der Waals surface area contributed by atoms with E-state index in [2.05, 4.69) is 5.32 Å². The standard InChI is InChI=1S/C11H16FNO.ClH/c1-3-13-8-11(14-2)9-4-6-10(12)7-5-9;/h4-7,11,13H,3,8H2,1-2H3;1H. The number of halogens is 2. The molecule has 0 bridgehead atoms. The van der Waals surface area contributed by atoms with Crippen molar-refractivity contribution in [2.75, 3.05) is 20.2 Å². The first-order valence-electron chi connectivity index (χ1n) is 4.77. The fourth-order valence-electron chi connectivity index (χ4n) is 1.29. The molecule has 0 fully saturated rings. The summed E-state index contributed by atoms with van der Waals surface area (Å²) in [4.78, 5) is 0. The van der Waals surface area contributed by atoms with Gasteiger partial charge in [-0.05, 0) is 24.2 Å². The van der Waals surface area contributed by atoms with Crippen molar-refractivity contribution in [2.45, 2.75) is 13.0 Å². The minimum Gasteiger partial charge on any atom is -0.375 e. The molecule has 0 spiro atoms. The van der Waals surface area contributed by atoms with Crippen LogP contribution >= 0.6 is 12.4 Å². The van der Waals surface area contributed by atoms with E-state index in [1.165, 1.54) is 12.1 Å². The third kappa shape index (κ3) is 4.60. The molecule has 0 saturated heterocycles. The lowest BCUT2D eigenvalue weighted by Crippen LogP contribution is -2.22. The van der Waals surface area contributed by atoms with E-state index in [4.69, 9.17) is 4.74 Å². The highest BCUT2D eigenvalue weighted by molar-refractivity contribution is 5.85. The Morgan fingerprint density at radius 2 is 1.93 bits per heavy atom. The van der Waals surface area contributed by atoms with Crippen molar-refractivity contribution in [1.29, 1.82) is 0 Å². The molecule has 1 atom stereocenters. The molecule has 0 heterocycles. The lowest BCUT2D eigenvalue weighted by Gasteiger charge is -2.15. The van der Waals surface area contributed by atoms with Crippen LogP contribution in [0.5, 0.6) is 0 Å². The van der Waals surface area contributed by atoms with Gasteiger partial charge in [0.05, 0.1) is 6.10 Å². The Morgan fingerprint density at radius 3 is 2.40 bits per heavy atom. The molecule has 1 unspecified atom stereocenters. The van der Waals surface area contributed by atoms with Gasteiger partial charge in [-0.25, -0.2) is 4.39 Å². The second kappa shape index (κ2) is 7.63. The van der Waals surface area contributed by atoms with Crippen LogP contribution in [0.25, 0.3) is 0 Å². The molecular formula is C11H17ClFNO. The largest absolute Gasteiger partial charge is 0.375 e. The number of hydrogen-bond acceptors (Lipinski definition) is 2. The Morgan fingerprint density at radius 1 is 1.33 bits per heavy atom. The number of nitrogens with one attached hydrogen (secondary N) is 1. The molecule has 0 aliphatic carbocycles. The molecule has 0 amide bonds. The van der Waals surface area contributed by atoms with Crippen LogP contribution in [0.4, 0.5) is 4.39 Å². The summed E-state index contributed by atoms with van der Waals surface area (Å²) in [5, 5.41) is 3.19. The highest BCUT2D eigenvalue weighted by atomic mass is 35.5. The van der Waals surface area contributed by atoms with E-state index in [0.717, 1.165) is 18.7 Å². The molecule has 2 nitrogen and oxygen atoms in total. The van der Waals surface area contributed by atoms with Gasteiger partial charge in [0.1, 0.15) is 5.82 Å². The van der Waals surface area contributed by atoms with Crippen LogP contribution in [-0.2, 0) is 4.74 Å². The predicted molar refractivity (Wildman–Crippen MR) is 61.9 cm³/mol. The van der Waals surface area contributed by atoms with Gasteiger partial charge in [-0.15, -0.1) is 12.4 Å². The third-order valence-electron chi connectivity index (χ3n) is 2.11. The van der Waals surface area contributed by atoms with Crippen molar-refractivity contribution in [1.82, 2.24) is 5.32 Å². The maximum Gasteiger partial charge on any atom is 0.123 e. The summed E-state index contributed by atoms with van der Waals surface area (Å²) in [6.45, 7) is 3.69. The number of ether oxygens (including phenoxy) is 1. The molecular weight excluding hydrogens is 217 g/mol. The number of benzene rings is 1. The summed E-state index contributed by atoms with van der Waals surface area (Å²) in [5.74, 6) is -0.216. The van der Waals surface area contributed by atoms with E-state index >= 15 is 0 Å². The van der Waals surface area contributed by atoms with E-state index in [-0.39, 0.29) is 24.3 Å². The van der Waals surface area contributed by atoms with Gasteiger partial charge in [-0.1, -0.05) is 19.1 Å². The van der Waals surface area contributed by atoms with Crippen LogP contribution in [0, 0.1) is 5.82 Å². The average molecular weight is 234 g/mol. The number of likely N-dealkylation sites (N-methyl/N-ethyl adjacent to an activating group) is 1. The number of methoxy groups -OCH3 is 1. The molecule has 4 heteroatoms. The van der Waals surface area contributed by atoms with Gasteiger partial charge in [0, 0.05) is 13.7 Å². The summed E-state index contributed by atoms with van der Waals surface area (Å²) >= 11 is 0. The van der Waals surface area contributed by atoms with Crippen molar-refractivity contribution in [3.8, 4) is 0 Å². The van der Waals surface area contributed by atoms with E-state index in [9.17, 15) is 4.39 Å². The summed E-state index contributed by atoms with van der Waals surface area (Å²) in [6.07, 6.45) is -0.00412. The van der Waals surface area contributed by atoms with Crippen molar-refractivity contribution in [3.63, 3.8) is 0 Å². The predicted octanol–water partition coefficient (Wildman–Crippen LogP) is 2.54. The molecule has 0 aliphatic rings. The topological polar surface area (TPSA) is 21.3 Å². The van der Waals surface area contributed by atoms with Gasteiger partial charge < -0.3 is 10.1 Å². The van der Waals surface area contributed by atoms with Crippen LogP contribution in [0.1, 0.15) is 18.6 Å². The number of hydrogen-bond donors (Lipinski definition) is 1. The Hall–Kier alpha value is -0.640. The second-order valence-electron chi connectivity index (χ2n) is 3.08. The normalized spacial score (nSPS) is 11.9. The minimum absolute atomic E-state index is 0. The summed E-state index contributed by atoms with van der Waals surface area (Å²) in [5.41, 5.74) is 0.995. The average Bonchev–Trinajstić information content (AvgIpc) is 2.21. The van der Waals surface area contributed by atoms with Gasteiger partial charge in [0.15, 0.2) is 0 Å². The van der Waals surface area contributed by atoms with Crippen molar-refractivity contribution < 1.29 is 9.13 Å². The molecule has 1 aromatic rings. The summed E-state index contributed by atoms with van der Waals surface area (Å²) in [7, 11) is 1.66. The van der Waals surface area contributed by atoms with Crippen LogP contribution in [0.15, 0.2) is 24.3 Å². The quantitative estimate of drug-likeness (QED) is 0.844. The third-order valence-corrected chi connectivity index (χ3v) is 2.11. The second-order valence-corrected chi connectivity index (χ2v) is 3.08. The van der Waals surface area contributed by atoms with Crippen LogP contribution < -0.4 is 5.32 Å². The lowest BCUT2D eigenvalue weighted by atomic mass is 10.1. The zero-order chi connectivity index (χ0) is 10.4. The fourth-order valence-corrected chi connectivity index (χ4v) is 1.29. The van der Waals surface area contributed by atoms with E-state index in [0.29, 0.717) is 0 Å². The minimum atomic E-state index is -0.216. The first kappa shape index (κ1) is 14.4. The molecule has 0 aromatic heterocycles. The maximum atomic E-state index is 12.6. The molecule has 0 saturated carbocycles. The Kier molecular flexibility index (Phi) is 7.30. The molecule has 86 valence electrons. The molecule has 0 aliphatic heterocycles. The SMILES string of the molecule is CCNCC(OC)c1ccc(F)cc1.Cl. The Labute approximate surface area is 96.2 Å². The van der Waals surface area contributed by atoms with Crippen molar-refractivity contribution in [2.24, 2.45) is 0 Å². The lowest BCUT2D eigenvalue weighted by molar-refractivity contribution is 0.103. The van der Waals surface area contributed by atoms with Gasteiger partial charge in [0.2, 0.25) is 0 Å². The van der Waals surface area contributed by atoms with Gasteiger partial charge >= 0.3 is 0 Å². The molecule has 1 N–H and O–H groups in total. The smallest absolute Gasteiger partial charge is 0.123 e. The monoisotopic (exact) mass is 233 g/mol. The van der Waals surface area contributed by atoms with E-state index < -0.39 is 0 Å².